The molecule has 4 aromatic heterocycles. The van der Waals surface area contributed by atoms with E-state index in [1.165, 1.54) is 11.3 Å². The number of benzene rings is 1. The minimum absolute atomic E-state index is 0.227. The van der Waals surface area contributed by atoms with E-state index in [2.05, 4.69) is 10.3 Å². The number of furan rings is 3. The Balaban J connectivity index is 1.50. The van der Waals surface area contributed by atoms with Crippen LogP contribution in [0.4, 0.5) is 5.13 Å². The molecule has 0 aliphatic carbocycles. The van der Waals surface area contributed by atoms with E-state index in [9.17, 15) is 4.79 Å². The molecular weight excluding hydrogens is 364 g/mol. The normalized spacial score (nSPS) is 11.1. The molecule has 0 saturated heterocycles. The Bertz CT molecular complexity index is 1130. The molecule has 0 aliphatic rings. The van der Waals surface area contributed by atoms with Gasteiger partial charge >= 0.3 is 0 Å². The van der Waals surface area contributed by atoms with Gasteiger partial charge in [-0.15, -0.1) is 0 Å². The van der Waals surface area contributed by atoms with Crippen molar-refractivity contribution in [3.8, 4) is 22.1 Å². The first-order valence-corrected chi connectivity index (χ1v) is 8.98. The van der Waals surface area contributed by atoms with Crippen LogP contribution in [0.2, 0.25) is 0 Å². The summed E-state index contributed by atoms with van der Waals surface area (Å²) in [4.78, 5) is 17.9. The zero-order chi connectivity index (χ0) is 18.2. The number of amides is 1. The van der Waals surface area contributed by atoms with Crippen LogP contribution in [0.25, 0.3) is 33.1 Å². The van der Waals surface area contributed by atoms with Crippen molar-refractivity contribution in [1.82, 2.24) is 4.98 Å². The Morgan fingerprint density at radius 3 is 2.48 bits per heavy atom. The Morgan fingerprint density at radius 1 is 0.963 bits per heavy atom. The van der Waals surface area contributed by atoms with Crippen molar-refractivity contribution in [2.75, 3.05) is 5.32 Å². The van der Waals surface area contributed by atoms with Crippen molar-refractivity contribution in [3.63, 3.8) is 0 Å². The Kier molecular flexibility index (Phi) is 3.65. The maximum atomic E-state index is 12.6. The van der Waals surface area contributed by atoms with Crippen LogP contribution >= 0.6 is 11.3 Å². The molecule has 7 heteroatoms. The van der Waals surface area contributed by atoms with Gasteiger partial charge in [0, 0.05) is 5.39 Å². The van der Waals surface area contributed by atoms with E-state index in [1.807, 2.05) is 36.4 Å². The highest BCUT2D eigenvalue weighted by Gasteiger charge is 2.21. The molecule has 0 unspecified atom stereocenters. The van der Waals surface area contributed by atoms with Crippen LogP contribution in [0.15, 0.2) is 80.4 Å². The highest BCUT2D eigenvalue weighted by Crippen LogP contribution is 2.39. The van der Waals surface area contributed by atoms with Crippen molar-refractivity contribution in [1.29, 1.82) is 0 Å². The van der Waals surface area contributed by atoms with Gasteiger partial charge in [-0.25, -0.2) is 4.98 Å². The third-order valence-corrected chi connectivity index (χ3v) is 4.98. The fraction of sp³-hybridized carbons (Fsp3) is 0. The number of nitrogens with zero attached hydrogens (tertiary/aromatic N) is 1. The van der Waals surface area contributed by atoms with Gasteiger partial charge in [-0.3, -0.25) is 10.1 Å². The number of hydrogen-bond donors (Lipinski definition) is 1. The van der Waals surface area contributed by atoms with Crippen molar-refractivity contribution in [3.05, 3.63) is 72.9 Å². The number of thiazole rings is 1. The fourth-order valence-corrected chi connectivity index (χ4v) is 3.71. The summed E-state index contributed by atoms with van der Waals surface area (Å²) in [6.45, 7) is 0. The molecule has 5 aromatic rings. The number of anilines is 1. The molecule has 132 valence electrons. The molecule has 0 radical (unpaired) electrons. The summed E-state index contributed by atoms with van der Waals surface area (Å²) < 4.78 is 16.6. The van der Waals surface area contributed by atoms with Gasteiger partial charge in [0.1, 0.15) is 21.9 Å². The summed E-state index contributed by atoms with van der Waals surface area (Å²) in [6.07, 6.45) is 3.17. The van der Waals surface area contributed by atoms with Crippen LogP contribution in [0.1, 0.15) is 10.6 Å². The highest BCUT2D eigenvalue weighted by molar-refractivity contribution is 7.19. The monoisotopic (exact) mass is 376 g/mol. The summed E-state index contributed by atoms with van der Waals surface area (Å²) in [5.74, 6) is 1.12. The molecule has 1 N–H and O–H groups in total. The molecule has 0 fully saturated rings. The van der Waals surface area contributed by atoms with E-state index in [0.29, 0.717) is 27.9 Å². The Morgan fingerprint density at radius 2 is 1.74 bits per heavy atom. The van der Waals surface area contributed by atoms with E-state index in [0.717, 1.165) is 10.3 Å². The Hall–Kier alpha value is -3.58. The van der Waals surface area contributed by atoms with Gasteiger partial charge in [0.15, 0.2) is 16.7 Å². The summed E-state index contributed by atoms with van der Waals surface area (Å²) >= 11 is 1.31. The van der Waals surface area contributed by atoms with E-state index < -0.39 is 0 Å². The molecule has 27 heavy (non-hydrogen) atoms. The number of fused-ring (bicyclic) bond motifs is 1. The van der Waals surface area contributed by atoms with Gasteiger partial charge in [-0.1, -0.05) is 29.5 Å². The van der Waals surface area contributed by atoms with Crippen molar-refractivity contribution < 1.29 is 18.0 Å². The molecular formula is C20H12N2O4S. The Labute approximate surface area is 157 Å². The van der Waals surface area contributed by atoms with E-state index in [1.54, 1.807) is 30.7 Å². The van der Waals surface area contributed by atoms with Gasteiger partial charge in [-0.2, -0.15) is 0 Å². The number of para-hydroxylation sites is 1. The minimum atomic E-state index is -0.364. The number of rotatable bonds is 4. The SMILES string of the molecule is O=C(Nc1nc(-c2ccco2)c(-c2ccco2)s1)c1cc2ccccc2o1. The number of carbonyl (C=O) groups is 1. The molecule has 0 bridgehead atoms. The molecule has 0 saturated carbocycles. The fourth-order valence-electron chi connectivity index (χ4n) is 2.78. The standard InChI is InChI=1S/C20H12N2O4S/c23-19(16-11-12-5-1-2-6-13(12)26-16)22-20-21-17(14-7-3-9-24-14)18(27-20)15-8-4-10-25-15/h1-11H,(H,21,22,23). The first-order valence-electron chi connectivity index (χ1n) is 8.16. The lowest BCUT2D eigenvalue weighted by Gasteiger charge is -1.96. The molecule has 1 aromatic carbocycles. The molecule has 5 rings (SSSR count). The van der Waals surface area contributed by atoms with Crippen molar-refractivity contribution in [2.45, 2.75) is 0 Å². The highest BCUT2D eigenvalue weighted by atomic mass is 32.1. The van der Waals surface area contributed by atoms with Crippen LogP contribution in [-0.2, 0) is 0 Å². The van der Waals surface area contributed by atoms with Gasteiger partial charge in [0.2, 0.25) is 0 Å². The third-order valence-electron chi connectivity index (χ3n) is 4.00. The zero-order valence-electron chi connectivity index (χ0n) is 13.8. The third kappa shape index (κ3) is 2.84. The average molecular weight is 376 g/mol. The van der Waals surface area contributed by atoms with Crippen LogP contribution in [0.3, 0.4) is 0 Å². The number of aromatic nitrogens is 1. The van der Waals surface area contributed by atoms with Gasteiger partial charge < -0.3 is 13.3 Å². The molecule has 0 aliphatic heterocycles. The second-order valence-corrected chi connectivity index (χ2v) is 6.75. The van der Waals surface area contributed by atoms with Gasteiger partial charge in [0.05, 0.1) is 12.5 Å². The number of carbonyl (C=O) groups excluding carboxylic acids is 1. The lowest BCUT2D eigenvalue weighted by molar-refractivity contribution is 0.0998. The molecule has 0 spiro atoms. The minimum Gasteiger partial charge on any atom is -0.463 e. The maximum Gasteiger partial charge on any atom is 0.293 e. The first-order chi connectivity index (χ1) is 13.3. The van der Waals surface area contributed by atoms with Gasteiger partial charge in [0.25, 0.3) is 5.91 Å². The van der Waals surface area contributed by atoms with Crippen molar-refractivity contribution >= 4 is 33.3 Å². The maximum absolute atomic E-state index is 12.6. The number of hydrogen-bond acceptors (Lipinski definition) is 6. The smallest absolute Gasteiger partial charge is 0.293 e. The van der Waals surface area contributed by atoms with Crippen LogP contribution in [0, 0.1) is 0 Å². The van der Waals surface area contributed by atoms with E-state index in [4.69, 9.17) is 13.3 Å². The van der Waals surface area contributed by atoms with Crippen molar-refractivity contribution in [2.24, 2.45) is 0 Å². The van der Waals surface area contributed by atoms with Gasteiger partial charge in [-0.05, 0) is 36.4 Å². The molecule has 0 atom stereocenters. The predicted octanol–water partition coefficient (Wildman–Crippen LogP) is 5.66. The predicted molar refractivity (Wildman–Crippen MR) is 102 cm³/mol. The second kappa shape index (κ2) is 6.30. The summed E-state index contributed by atoms with van der Waals surface area (Å²) in [6, 6.07) is 16.4. The first kappa shape index (κ1) is 15.7. The number of nitrogens with one attached hydrogen (secondary N) is 1. The largest absolute Gasteiger partial charge is 0.463 e. The lowest BCUT2D eigenvalue weighted by atomic mass is 10.2. The molecule has 1 amide bonds. The summed E-state index contributed by atoms with van der Waals surface area (Å²) in [7, 11) is 0. The van der Waals surface area contributed by atoms with Crippen LogP contribution in [-0.4, -0.2) is 10.9 Å². The molecule has 4 heterocycles. The van der Waals surface area contributed by atoms with E-state index in [-0.39, 0.29) is 11.7 Å². The second-order valence-electron chi connectivity index (χ2n) is 5.75. The summed E-state index contributed by atoms with van der Waals surface area (Å²) in [5.41, 5.74) is 1.27. The molecule has 6 nitrogen and oxygen atoms in total. The zero-order valence-corrected chi connectivity index (χ0v) is 14.7. The van der Waals surface area contributed by atoms with Crippen LogP contribution < -0.4 is 5.32 Å². The average Bonchev–Trinajstić information content (AvgIpc) is 3.47. The van der Waals surface area contributed by atoms with Crippen LogP contribution in [0.5, 0.6) is 0 Å². The quantitative estimate of drug-likeness (QED) is 0.437. The lowest BCUT2D eigenvalue weighted by Crippen LogP contribution is -2.10. The topological polar surface area (TPSA) is 81.4 Å². The summed E-state index contributed by atoms with van der Waals surface area (Å²) in [5, 5.41) is 4.09. The van der Waals surface area contributed by atoms with E-state index >= 15 is 0 Å².